The third kappa shape index (κ3) is 3.33. The second kappa shape index (κ2) is 5.03. The molecule has 3 rings (SSSR count). The predicted molar refractivity (Wildman–Crippen MR) is 73.2 cm³/mol. The standard InChI is InChI=1S/C13H19N5O/c1-14-10-6-11(18-13(17-10)8-2-3-8)15-7-12(19)16-9-4-5-9/h6,8-9H,2-5,7H2,1H3,(H,16,19)(H2,14,15,17,18). The first-order valence-corrected chi connectivity index (χ1v) is 6.84. The molecule has 6 nitrogen and oxygen atoms in total. The van der Waals surface area contributed by atoms with Gasteiger partial charge in [-0.1, -0.05) is 0 Å². The van der Waals surface area contributed by atoms with Crippen LogP contribution < -0.4 is 16.0 Å². The summed E-state index contributed by atoms with van der Waals surface area (Å²) in [6.07, 6.45) is 4.54. The molecule has 0 aromatic carbocycles. The summed E-state index contributed by atoms with van der Waals surface area (Å²) >= 11 is 0. The summed E-state index contributed by atoms with van der Waals surface area (Å²) in [7, 11) is 1.84. The molecule has 2 fully saturated rings. The van der Waals surface area contributed by atoms with E-state index in [0.717, 1.165) is 37.3 Å². The number of amides is 1. The average molecular weight is 261 g/mol. The molecule has 6 heteroatoms. The molecule has 3 N–H and O–H groups in total. The number of rotatable bonds is 6. The van der Waals surface area contributed by atoms with Gasteiger partial charge in [-0.2, -0.15) is 0 Å². The van der Waals surface area contributed by atoms with Crippen LogP contribution >= 0.6 is 0 Å². The predicted octanol–water partition coefficient (Wildman–Crippen LogP) is 1.09. The molecule has 1 aromatic rings. The van der Waals surface area contributed by atoms with Crippen molar-refractivity contribution < 1.29 is 4.79 Å². The van der Waals surface area contributed by atoms with Crippen LogP contribution in [-0.4, -0.2) is 35.5 Å². The first-order chi connectivity index (χ1) is 9.24. The van der Waals surface area contributed by atoms with E-state index in [1.165, 1.54) is 0 Å². The van der Waals surface area contributed by atoms with Gasteiger partial charge in [0.2, 0.25) is 5.91 Å². The van der Waals surface area contributed by atoms with Gasteiger partial charge in [-0.25, -0.2) is 9.97 Å². The van der Waals surface area contributed by atoms with Crippen molar-refractivity contribution in [1.29, 1.82) is 0 Å². The molecule has 19 heavy (non-hydrogen) atoms. The molecule has 1 aromatic heterocycles. The highest BCUT2D eigenvalue weighted by Gasteiger charge is 2.27. The number of carbonyl (C=O) groups excluding carboxylic acids is 1. The van der Waals surface area contributed by atoms with Crippen LogP contribution in [0.5, 0.6) is 0 Å². The molecule has 2 aliphatic carbocycles. The Bertz CT molecular complexity index is 482. The van der Waals surface area contributed by atoms with E-state index >= 15 is 0 Å². The minimum Gasteiger partial charge on any atom is -0.373 e. The zero-order chi connectivity index (χ0) is 13.2. The van der Waals surface area contributed by atoms with Crippen molar-refractivity contribution in [2.24, 2.45) is 0 Å². The third-order valence-corrected chi connectivity index (χ3v) is 3.31. The van der Waals surface area contributed by atoms with Crippen LogP contribution in [0.4, 0.5) is 11.6 Å². The maximum atomic E-state index is 11.6. The Hall–Kier alpha value is -1.85. The van der Waals surface area contributed by atoms with Gasteiger partial charge in [0.25, 0.3) is 0 Å². The van der Waals surface area contributed by atoms with E-state index in [-0.39, 0.29) is 12.5 Å². The van der Waals surface area contributed by atoms with E-state index in [2.05, 4.69) is 25.9 Å². The van der Waals surface area contributed by atoms with Crippen LogP contribution in [0.1, 0.15) is 37.4 Å². The van der Waals surface area contributed by atoms with E-state index in [0.29, 0.717) is 17.8 Å². The molecular formula is C13H19N5O. The zero-order valence-corrected chi connectivity index (χ0v) is 11.1. The topological polar surface area (TPSA) is 78.9 Å². The number of nitrogens with zero attached hydrogens (tertiary/aromatic N) is 2. The summed E-state index contributed by atoms with van der Waals surface area (Å²) < 4.78 is 0. The van der Waals surface area contributed by atoms with Crippen molar-refractivity contribution in [1.82, 2.24) is 15.3 Å². The number of hydrogen-bond donors (Lipinski definition) is 3. The first kappa shape index (κ1) is 12.2. The molecule has 0 bridgehead atoms. The maximum Gasteiger partial charge on any atom is 0.239 e. The highest BCUT2D eigenvalue weighted by Crippen LogP contribution is 2.38. The fraction of sp³-hybridized carbons (Fsp3) is 0.615. The Balaban J connectivity index is 1.61. The molecule has 0 aliphatic heterocycles. The quantitative estimate of drug-likeness (QED) is 0.714. The number of carbonyl (C=O) groups is 1. The fourth-order valence-electron chi connectivity index (χ4n) is 1.89. The summed E-state index contributed by atoms with van der Waals surface area (Å²) in [6, 6.07) is 2.23. The van der Waals surface area contributed by atoms with E-state index in [4.69, 9.17) is 0 Å². The largest absolute Gasteiger partial charge is 0.373 e. The molecule has 2 aliphatic rings. The highest BCUT2D eigenvalue weighted by molar-refractivity contribution is 5.81. The second-order valence-corrected chi connectivity index (χ2v) is 5.22. The minimum absolute atomic E-state index is 0.0279. The molecule has 2 saturated carbocycles. The number of hydrogen-bond acceptors (Lipinski definition) is 5. The molecule has 102 valence electrons. The zero-order valence-electron chi connectivity index (χ0n) is 11.1. The lowest BCUT2D eigenvalue weighted by molar-refractivity contribution is -0.119. The molecule has 0 radical (unpaired) electrons. The summed E-state index contributed by atoms with van der Waals surface area (Å²) in [6.45, 7) is 0.265. The lowest BCUT2D eigenvalue weighted by Crippen LogP contribution is -2.31. The number of nitrogens with one attached hydrogen (secondary N) is 3. The molecule has 0 unspecified atom stereocenters. The Kier molecular flexibility index (Phi) is 3.23. The van der Waals surface area contributed by atoms with Crippen molar-refractivity contribution in [3.8, 4) is 0 Å². The lowest BCUT2D eigenvalue weighted by Gasteiger charge is -2.09. The normalized spacial score (nSPS) is 17.9. The summed E-state index contributed by atoms with van der Waals surface area (Å²) in [5, 5.41) is 9.04. The first-order valence-electron chi connectivity index (χ1n) is 6.84. The Labute approximate surface area is 112 Å². The van der Waals surface area contributed by atoms with Crippen LogP contribution in [0.3, 0.4) is 0 Å². The van der Waals surface area contributed by atoms with E-state index in [1.54, 1.807) is 0 Å². The molecular weight excluding hydrogens is 242 g/mol. The van der Waals surface area contributed by atoms with Crippen LogP contribution in [-0.2, 0) is 4.79 Å². The van der Waals surface area contributed by atoms with Gasteiger partial charge in [0, 0.05) is 25.1 Å². The van der Waals surface area contributed by atoms with Crippen LogP contribution in [0, 0.1) is 0 Å². The van der Waals surface area contributed by atoms with E-state index < -0.39 is 0 Å². The van der Waals surface area contributed by atoms with Crippen LogP contribution in [0.25, 0.3) is 0 Å². The van der Waals surface area contributed by atoms with Gasteiger partial charge in [0.05, 0.1) is 6.54 Å². The van der Waals surface area contributed by atoms with Crippen molar-refractivity contribution in [2.45, 2.75) is 37.6 Å². The fourth-order valence-corrected chi connectivity index (χ4v) is 1.89. The van der Waals surface area contributed by atoms with E-state index in [1.807, 2.05) is 13.1 Å². The molecule has 0 atom stereocenters. The van der Waals surface area contributed by atoms with Gasteiger partial charge in [-0.05, 0) is 25.7 Å². The highest BCUT2D eigenvalue weighted by atomic mass is 16.2. The molecule has 1 amide bonds. The Morgan fingerprint density at radius 2 is 2.00 bits per heavy atom. The molecule has 1 heterocycles. The van der Waals surface area contributed by atoms with Gasteiger partial charge < -0.3 is 16.0 Å². The second-order valence-electron chi connectivity index (χ2n) is 5.22. The summed E-state index contributed by atoms with van der Waals surface area (Å²) in [4.78, 5) is 20.5. The van der Waals surface area contributed by atoms with Crippen molar-refractivity contribution in [3.63, 3.8) is 0 Å². The van der Waals surface area contributed by atoms with Crippen molar-refractivity contribution in [3.05, 3.63) is 11.9 Å². The maximum absolute atomic E-state index is 11.6. The smallest absolute Gasteiger partial charge is 0.239 e. The van der Waals surface area contributed by atoms with Gasteiger partial charge in [-0.3, -0.25) is 4.79 Å². The van der Waals surface area contributed by atoms with Crippen molar-refractivity contribution >= 4 is 17.5 Å². The van der Waals surface area contributed by atoms with Crippen molar-refractivity contribution in [2.75, 3.05) is 24.2 Å². The minimum atomic E-state index is 0.0279. The Morgan fingerprint density at radius 1 is 1.26 bits per heavy atom. The monoisotopic (exact) mass is 261 g/mol. The third-order valence-electron chi connectivity index (χ3n) is 3.31. The van der Waals surface area contributed by atoms with E-state index in [9.17, 15) is 4.79 Å². The molecule has 0 saturated heterocycles. The summed E-state index contributed by atoms with van der Waals surface area (Å²) in [5.41, 5.74) is 0. The van der Waals surface area contributed by atoms with Gasteiger partial charge in [-0.15, -0.1) is 0 Å². The summed E-state index contributed by atoms with van der Waals surface area (Å²) in [5.74, 6) is 2.90. The van der Waals surface area contributed by atoms with Gasteiger partial charge >= 0.3 is 0 Å². The van der Waals surface area contributed by atoms with Crippen LogP contribution in [0.2, 0.25) is 0 Å². The van der Waals surface area contributed by atoms with Crippen LogP contribution in [0.15, 0.2) is 6.07 Å². The Morgan fingerprint density at radius 3 is 2.63 bits per heavy atom. The average Bonchev–Trinajstić information content (AvgIpc) is 3.27. The number of aromatic nitrogens is 2. The molecule has 0 spiro atoms. The van der Waals surface area contributed by atoms with Gasteiger partial charge in [0.1, 0.15) is 17.5 Å². The van der Waals surface area contributed by atoms with Gasteiger partial charge in [0.15, 0.2) is 0 Å². The lowest BCUT2D eigenvalue weighted by atomic mass is 10.3. The number of anilines is 2. The SMILES string of the molecule is CNc1cc(NCC(=O)NC2CC2)nc(C2CC2)n1.